The summed E-state index contributed by atoms with van der Waals surface area (Å²) < 4.78 is 10.1. The maximum absolute atomic E-state index is 11.8. The molecule has 0 atom stereocenters. The number of morpholine rings is 1. The summed E-state index contributed by atoms with van der Waals surface area (Å²) in [6.45, 7) is 4.66. The number of likely N-dealkylation sites (N-methyl/N-ethyl adjacent to an activating group) is 1. The fourth-order valence-corrected chi connectivity index (χ4v) is 1.47. The number of nitrogens with zero attached hydrogens (tertiary/aromatic N) is 2. The Kier molecular flexibility index (Phi) is 5.60. The average molecular weight is 216 g/mol. The first-order valence-electron chi connectivity index (χ1n) is 5.27. The molecule has 0 radical (unpaired) electrons. The number of carbonyl (C=O) groups excluding carboxylic acids is 1. The number of ether oxygens (including phenoxy) is 2. The third-order valence-corrected chi connectivity index (χ3v) is 2.45. The third-order valence-electron chi connectivity index (χ3n) is 2.45. The molecule has 1 aliphatic heterocycles. The van der Waals surface area contributed by atoms with Gasteiger partial charge in [-0.05, 0) is 7.05 Å². The lowest BCUT2D eigenvalue weighted by Crippen LogP contribution is -2.45. The molecule has 0 unspecified atom stereocenters. The van der Waals surface area contributed by atoms with E-state index in [0.717, 1.165) is 19.6 Å². The van der Waals surface area contributed by atoms with Crippen molar-refractivity contribution >= 4 is 5.91 Å². The quantitative estimate of drug-likeness (QED) is 0.617. The van der Waals surface area contributed by atoms with E-state index < -0.39 is 0 Å². The molecule has 0 bridgehead atoms. The zero-order valence-corrected chi connectivity index (χ0v) is 9.57. The van der Waals surface area contributed by atoms with Gasteiger partial charge >= 0.3 is 0 Å². The summed E-state index contributed by atoms with van der Waals surface area (Å²) in [6, 6.07) is 0. The molecule has 0 aromatic rings. The van der Waals surface area contributed by atoms with E-state index in [2.05, 4.69) is 0 Å². The van der Waals surface area contributed by atoms with E-state index in [4.69, 9.17) is 9.47 Å². The van der Waals surface area contributed by atoms with Crippen molar-refractivity contribution in [3.8, 4) is 0 Å². The Bertz CT molecular complexity index is 193. The molecule has 88 valence electrons. The summed E-state index contributed by atoms with van der Waals surface area (Å²) >= 11 is 0. The molecule has 15 heavy (non-hydrogen) atoms. The second-order valence-corrected chi connectivity index (χ2v) is 3.72. The van der Waals surface area contributed by atoms with Crippen LogP contribution in [0.3, 0.4) is 0 Å². The van der Waals surface area contributed by atoms with Gasteiger partial charge in [-0.15, -0.1) is 0 Å². The van der Waals surface area contributed by atoms with Gasteiger partial charge in [0.2, 0.25) is 5.91 Å². The standard InChI is InChI=1S/C10H20N2O3/c1-11(3-6-14-2)9-10(13)12-4-7-15-8-5-12/h3-9H2,1-2H3. The van der Waals surface area contributed by atoms with E-state index in [0.29, 0.717) is 26.4 Å². The molecule has 0 spiro atoms. The van der Waals surface area contributed by atoms with Gasteiger partial charge in [-0.2, -0.15) is 0 Å². The van der Waals surface area contributed by atoms with Crippen molar-refractivity contribution in [1.82, 2.24) is 9.80 Å². The van der Waals surface area contributed by atoms with Gasteiger partial charge in [0.25, 0.3) is 0 Å². The van der Waals surface area contributed by atoms with Crippen LogP contribution >= 0.6 is 0 Å². The van der Waals surface area contributed by atoms with Crippen LogP contribution in [0, 0.1) is 0 Å². The highest BCUT2D eigenvalue weighted by Gasteiger charge is 2.17. The molecule has 0 N–H and O–H groups in total. The van der Waals surface area contributed by atoms with Crippen LogP contribution < -0.4 is 0 Å². The van der Waals surface area contributed by atoms with Gasteiger partial charge in [0.05, 0.1) is 26.4 Å². The lowest BCUT2D eigenvalue weighted by Gasteiger charge is -2.28. The Morgan fingerprint density at radius 3 is 2.73 bits per heavy atom. The van der Waals surface area contributed by atoms with Gasteiger partial charge < -0.3 is 14.4 Å². The Hall–Kier alpha value is -0.650. The highest BCUT2D eigenvalue weighted by molar-refractivity contribution is 5.78. The van der Waals surface area contributed by atoms with Crippen LogP contribution in [0.25, 0.3) is 0 Å². The van der Waals surface area contributed by atoms with Gasteiger partial charge in [-0.1, -0.05) is 0 Å². The fourth-order valence-electron chi connectivity index (χ4n) is 1.47. The van der Waals surface area contributed by atoms with Crippen molar-refractivity contribution < 1.29 is 14.3 Å². The molecule has 0 aromatic carbocycles. The number of hydrogen-bond acceptors (Lipinski definition) is 4. The van der Waals surface area contributed by atoms with E-state index in [-0.39, 0.29) is 5.91 Å². The van der Waals surface area contributed by atoms with E-state index in [1.54, 1.807) is 7.11 Å². The molecule has 1 aliphatic rings. The van der Waals surface area contributed by atoms with Gasteiger partial charge in [-0.25, -0.2) is 0 Å². The lowest BCUT2D eigenvalue weighted by atomic mass is 10.4. The van der Waals surface area contributed by atoms with Crippen molar-refractivity contribution in [2.45, 2.75) is 0 Å². The summed E-state index contributed by atoms with van der Waals surface area (Å²) in [5.41, 5.74) is 0. The first-order valence-corrected chi connectivity index (χ1v) is 5.27. The van der Waals surface area contributed by atoms with E-state index in [9.17, 15) is 4.79 Å². The Morgan fingerprint density at radius 2 is 2.13 bits per heavy atom. The lowest BCUT2D eigenvalue weighted by molar-refractivity contribution is -0.136. The average Bonchev–Trinajstić information content (AvgIpc) is 2.27. The van der Waals surface area contributed by atoms with Gasteiger partial charge in [0.15, 0.2) is 0 Å². The van der Waals surface area contributed by atoms with Crippen LogP contribution in [-0.2, 0) is 14.3 Å². The number of carbonyl (C=O) groups is 1. The number of amides is 1. The largest absolute Gasteiger partial charge is 0.383 e. The van der Waals surface area contributed by atoms with Crippen LogP contribution in [0.4, 0.5) is 0 Å². The van der Waals surface area contributed by atoms with Crippen molar-refractivity contribution in [2.75, 3.05) is 60.2 Å². The van der Waals surface area contributed by atoms with Crippen LogP contribution in [0.2, 0.25) is 0 Å². The summed E-state index contributed by atoms with van der Waals surface area (Å²) in [5.74, 6) is 0.178. The van der Waals surface area contributed by atoms with E-state index >= 15 is 0 Å². The van der Waals surface area contributed by atoms with Gasteiger partial charge in [0.1, 0.15) is 0 Å². The summed E-state index contributed by atoms with van der Waals surface area (Å²) in [4.78, 5) is 15.6. The first-order chi connectivity index (χ1) is 7.24. The minimum absolute atomic E-state index is 0.178. The molecular weight excluding hydrogens is 196 g/mol. The molecule has 5 heteroatoms. The highest BCUT2D eigenvalue weighted by atomic mass is 16.5. The molecule has 0 saturated carbocycles. The molecule has 1 amide bonds. The maximum atomic E-state index is 11.8. The molecule has 1 fully saturated rings. The third kappa shape index (κ3) is 4.59. The number of rotatable bonds is 5. The monoisotopic (exact) mass is 216 g/mol. The van der Waals surface area contributed by atoms with Crippen LogP contribution in [0.1, 0.15) is 0 Å². The summed E-state index contributed by atoms with van der Waals surface area (Å²) in [7, 11) is 3.59. The smallest absolute Gasteiger partial charge is 0.236 e. The Morgan fingerprint density at radius 1 is 1.47 bits per heavy atom. The van der Waals surface area contributed by atoms with Crippen molar-refractivity contribution in [3.05, 3.63) is 0 Å². The maximum Gasteiger partial charge on any atom is 0.236 e. The number of methoxy groups -OCH3 is 1. The van der Waals surface area contributed by atoms with E-state index in [1.165, 1.54) is 0 Å². The second kappa shape index (κ2) is 6.76. The predicted octanol–water partition coefficient (Wildman–Crippen LogP) is -0.577. The van der Waals surface area contributed by atoms with E-state index in [1.807, 2.05) is 16.8 Å². The summed E-state index contributed by atoms with van der Waals surface area (Å²) in [6.07, 6.45) is 0. The van der Waals surface area contributed by atoms with Crippen LogP contribution in [0.15, 0.2) is 0 Å². The highest BCUT2D eigenvalue weighted by Crippen LogP contribution is 1.98. The predicted molar refractivity (Wildman–Crippen MR) is 56.8 cm³/mol. The van der Waals surface area contributed by atoms with Gasteiger partial charge in [-0.3, -0.25) is 9.69 Å². The Labute approximate surface area is 90.9 Å². The Balaban J connectivity index is 2.21. The van der Waals surface area contributed by atoms with Gasteiger partial charge in [0, 0.05) is 26.7 Å². The number of hydrogen-bond donors (Lipinski definition) is 0. The van der Waals surface area contributed by atoms with Crippen molar-refractivity contribution in [3.63, 3.8) is 0 Å². The fraction of sp³-hybridized carbons (Fsp3) is 0.900. The molecule has 0 aliphatic carbocycles. The molecule has 1 rings (SSSR count). The SMILES string of the molecule is COCCN(C)CC(=O)N1CCOCC1. The molecule has 1 saturated heterocycles. The molecule has 1 heterocycles. The summed E-state index contributed by atoms with van der Waals surface area (Å²) in [5, 5.41) is 0. The van der Waals surface area contributed by atoms with Crippen LogP contribution in [-0.4, -0.2) is 75.9 Å². The van der Waals surface area contributed by atoms with Crippen LogP contribution in [0.5, 0.6) is 0 Å². The first kappa shape index (κ1) is 12.4. The van der Waals surface area contributed by atoms with Crippen molar-refractivity contribution in [2.24, 2.45) is 0 Å². The molecular formula is C10H20N2O3. The zero-order valence-electron chi connectivity index (χ0n) is 9.57. The minimum Gasteiger partial charge on any atom is -0.383 e. The minimum atomic E-state index is 0.178. The van der Waals surface area contributed by atoms with Crippen molar-refractivity contribution in [1.29, 1.82) is 0 Å². The topological polar surface area (TPSA) is 42.0 Å². The molecule has 0 aromatic heterocycles. The zero-order chi connectivity index (χ0) is 11.1. The normalized spacial score (nSPS) is 17.1. The molecule has 5 nitrogen and oxygen atoms in total. The second-order valence-electron chi connectivity index (χ2n) is 3.72.